The zero-order valence-electron chi connectivity index (χ0n) is 15.8. The quantitative estimate of drug-likeness (QED) is 0.692. The topological polar surface area (TPSA) is 73.1 Å². The number of rotatable bonds is 6. The van der Waals surface area contributed by atoms with Gasteiger partial charge in [0, 0.05) is 11.1 Å². The van der Waals surface area contributed by atoms with Crippen molar-refractivity contribution in [1.82, 2.24) is 14.5 Å². The van der Waals surface area contributed by atoms with Crippen molar-refractivity contribution in [2.45, 2.75) is 39.4 Å². The van der Waals surface area contributed by atoms with Gasteiger partial charge >= 0.3 is 5.69 Å². The molecule has 0 spiro atoms. The minimum Gasteiger partial charge on any atom is -0.352 e. The van der Waals surface area contributed by atoms with Gasteiger partial charge in [0.15, 0.2) is 0 Å². The molecule has 0 aliphatic carbocycles. The van der Waals surface area contributed by atoms with Crippen molar-refractivity contribution in [1.29, 1.82) is 0 Å². The van der Waals surface area contributed by atoms with Crippen LogP contribution in [0.5, 0.6) is 0 Å². The van der Waals surface area contributed by atoms with Gasteiger partial charge in [-0.05, 0) is 43.2 Å². The largest absolute Gasteiger partial charge is 0.352 e. The van der Waals surface area contributed by atoms with Gasteiger partial charge in [-0.15, -0.1) is 0 Å². The molecule has 0 unspecified atom stereocenters. The van der Waals surface area contributed by atoms with Gasteiger partial charge in [0.25, 0.3) is 5.56 Å². The van der Waals surface area contributed by atoms with Crippen molar-refractivity contribution in [2.75, 3.05) is 0 Å². The summed E-state index contributed by atoms with van der Waals surface area (Å²) in [4.78, 5) is 38.4. The van der Waals surface area contributed by atoms with E-state index < -0.39 is 5.69 Å². The highest BCUT2D eigenvalue weighted by Gasteiger charge is 2.16. The molecule has 6 nitrogen and oxygen atoms in total. The summed E-state index contributed by atoms with van der Waals surface area (Å²) in [5.41, 5.74) is 0.325. The number of nitrogens with one attached hydrogen (secondary N) is 1. The molecule has 0 radical (unpaired) electrons. The molecular weight excluding hydrogens is 378 g/mol. The Labute approximate surface area is 167 Å². The van der Waals surface area contributed by atoms with Gasteiger partial charge in [-0.25, -0.2) is 4.79 Å². The third-order valence-corrected chi connectivity index (χ3v) is 4.96. The number of para-hydroxylation sites is 1. The molecule has 0 aliphatic heterocycles. The molecule has 7 heteroatoms. The predicted octanol–water partition coefficient (Wildman–Crippen LogP) is 2.78. The van der Waals surface area contributed by atoms with E-state index in [1.54, 1.807) is 48.5 Å². The molecule has 0 saturated carbocycles. The van der Waals surface area contributed by atoms with Crippen LogP contribution in [0, 0.1) is 0 Å². The summed E-state index contributed by atoms with van der Waals surface area (Å²) in [5.74, 6) is -0.265. The standard InChI is InChI=1S/C21H22ClN3O3/c1-3-14(2)23-19(26)13-24-18-7-5-4-6-17(18)20(27)25(21(24)28)12-15-8-10-16(22)11-9-15/h4-11,14H,3,12-13H2,1-2H3,(H,23,26)/t14-/m0/s1. The van der Waals surface area contributed by atoms with Crippen LogP contribution in [0.4, 0.5) is 0 Å². The number of aromatic nitrogens is 2. The molecule has 0 aliphatic rings. The molecule has 1 amide bonds. The second-order valence-electron chi connectivity index (χ2n) is 6.78. The van der Waals surface area contributed by atoms with E-state index in [0.29, 0.717) is 15.9 Å². The summed E-state index contributed by atoms with van der Waals surface area (Å²) in [7, 11) is 0. The molecule has 0 saturated heterocycles. The lowest BCUT2D eigenvalue weighted by atomic mass is 10.2. The molecule has 1 heterocycles. The number of carbonyl (C=O) groups excluding carboxylic acids is 1. The first-order chi connectivity index (χ1) is 13.4. The Morgan fingerprint density at radius 2 is 1.75 bits per heavy atom. The summed E-state index contributed by atoms with van der Waals surface area (Å²) in [6.07, 6.45) is 0.789. The lowest BCUT2D eigenvalue weighted by Crippen LogP contribution is -2.43. The Bertz CT molecular complexity index is 1120. The second kappa shape index (κ2) is 8.44. The lowest BCUT2D eigenvalue weighted by Gasteiger charge is -2.16. The SMILES string of the molecule is CC[C@H](C)NC(=O)Cn1c(=O)n(Cc2ccc(Cl)cc2)c(=O)c2ccccc21. The van der Waals surface area contributed by atoms with Crippen molar-refractivity contribution in [2.24, 2.45) is 0 Å². The Kier molecular flexibility index (Phi) is 5.99. The Morgan fingerprint density at radius 3 is 2.43 bits per heavy atom. The first-order valence-corrected chi connectivity index (χ1v) is 9.54. The Hall–Kier alpha value is -2.86. The molecule has 1 N–H and O–H groups in total. The van der Waals surface area contributed by atoms with E-state index in [1.807, 2.05) is 13.8 Å². The number of halogens is 1. The zero-order valence-corrected chi connectivity index (χ0v) is 16.6. The third-order valence-electron chi connectivity index (χ3n) is 4.71. The van der Waals surface area contributed by atoms with Crippen LogP contribution < -0.4 is 16.6 Å². The van der Waals surface area contributed by atoms with Crippen LogP contribution >= 0.6 is 11.6 Å². The average molecular weight is 400 g/mol. The van der Waals surface area contributed by atoms with Crippen molar-refractivity contribution in [3.63, 3.8) is 0 Å². The molecule has 28 heavy (non-hydrogen) atoms. The van der Waals surface area contributed by atoms with Crippen LogP contribution in [0.1, 0.15) is 25.8 Å². The maximum absolute atomic E-state index is 13.1. The van der Waals surface area contributed by atoms with Crippen LogP contribution in [-0.2, 0) is 17.9 Å². The highest BCUT2D eigenvalue weighted by molar-refractivity contribution is 6.30. The van der Waals surface area contributed by atoms with Gasteiger partial charge in [-0.1, -0.05) is 42.8 Å². The lowest BCUT2D eigenvalue weighted by molar-refractivity contribution is -0.122. The van der Waals surface area contributed by atoms with Crippen molar-refractivity contribution in [3.05, 3.63) is 80.0 Å². The van der Waals surface area contributed by atoms with E-state index in [9.17, 15) is 14.4 Å². The summed E-state index contributed by atoms with van der Waals surface area (Å²) >= 11 is 5.91. The maximum atomic E-state index is 13.1. The maximum Gasteiger partial charge on any atom is 0.332 e. The van der Waals surface area contributed by atoms with Crippen LogP contribution in [0.3, 0.4) is 0 Å². The van der Waals surface area contributed by atoms with Gasteiger partial charge < -0.3 is 5.32 Å². The van der Waals surface area contributed by atoms with Crippen molar-refractivity contribution in [3.8, 4) is 0 Å². The van der Waals surface area contributed by atoms with Crippen molar-refractivity contribution < 1.29 is 4.79 Å². The van der Waals surface area contributed by atoms with E-state index in [2.05, 4.69) is 5.32 Å². The van der Waals surface area contributed by atoms with E-state index in [0.717, 1.165) is 16.6 Å². The number of hydrogen-bond acceptors (Lipinski definition) is 3. The Balaban J connectivity index is 2.09. The van der Waals surface area contributed by atoms with Gasteiger partial charge in [0.05, 0.1) is 17.4 Å². The van der Waals surface area contributed by atoms with Crippen LogP contribution in [-0.4, -0.2) is 21.1 Å². The number of benzene rings is 2. The number of amides is 1. The average Bonchev–Trinajstić information content (AvgIpc) is 2.69. The van der Waals surface area contributed by atoms with Crippen molar-refractivity contribution >= 4 is 28.4 Å². The number of fused-ring (bicyclic) bond motifs is 1. The molecule has 3 rings (SSSR count). The smallest absolute Gasteiger partial charge is 0.332 e. The van der Waals surface area contributed by atoms with E-state index in [1.165, 1.54) is 4.57 Å². The fourth-order valence-corrected chi connectivity index (χ4v) is 3.13. The zero-order chi connectivity index (χ0) is 20.3. The van der Waals surface area contributed by atoms with E-state index >= 15 is 0 Å². The first kappa shape index (κ1) is 19.9. The highest BCUT2D eigenvalue weighted by atomic mass is 35.5. The predicted molar refractivity (Wildman–Crippen MR) is 111 cm³/mol. The normalized spacial score (nSPS) is 12.1. The number of nitrogens with zero attached hydrogens (tertiary/aromatic N) is 2. The van der Waals surface area contributed by atoms with Crippen LogP contribution in [0.15, 0.2) is 58.1 Å². The summed E-state index contributed by atoms with van der Waals surface area (Å²) in [6.45, 7) is 3.83. The van der Waals surface area contributed by atoms with Gasteiger partial charge in [-0.2, -0.15) is 0 Å². The molecular formula is C21H22ClN3O3. The van der Waals surface area contributed by atoms with Crippen LogP contribution in [0.2, 0.25) is 5.02 Å². The number of carbonyl (C=O) groups is 1. The molecule has 1 aromatic heterocycles. The fourth-order valence-electron chi connectivity index (χ4n) is 3.00. The van der Waals surface area contributed by atoms with Crippen LogP contribution in [0.25, 0.3) is 10.9 Å². The molecule has 2 aromatic carbocycles. The van der Waals surface area contributed by atoms with Gasteiger partial charge in [0.2, 0.25) is 5.91 Å². The number of hydrogen-bond donors (Lipinski definition) is 1. The summed E-state index contributed by atoms with van der Waals surface area (Å²) < 4.78 is 2.51. The van der Waals surface area contributed by atoms with E-state index in [4.69, 9.17) is 11.6 Å². The molecule has 0 fully saturated rings. The minimum absolute atomic E-state index is 0.00874. The summed E-state index contributed by atoms with van der Waals surface area (Å²) in [5, 5.41) is 3.83. The molecule has 0 bridgehead atoms. The van der Waals surface area contributed by atoms with Gasteiger partial charge in [-0.3, -0.25) is 18.7 Å². The fraction of sp³-hybridized carbons (Fsp3) is 0.286. The molecule has 1 atom stereocenters. The molecule has 3 aromatic rings. The second-order valence-corrected chi connectivity index (χ2v) is 7.22. The monoisotopic (exact) mass is 399 g/mol. The summed E-state index contributed by atoms with van der Waals surface area (Å²) in [6, 6.07) is 13.8. The molecule has 146 valence electrons. The first-order valence-electron chi connectivity index (χ1n) is 9.17. The van der Waals surface area contributed by atoms with Gasteiger partial charge in [0.1, 0.15) is 6.54 Å². The van der Waals surface area contributed by atoms with E-state index in [-0.39, 0.29) is 30.6 Å². The third kappa shape index (κ3) is 4.17. The highest BCUT2D eigenvalue weighted by Crippen LogP contribution is 2.11. The Morgan fingerprint density at radius 1 is 1.07 bits per heavy atom. The minimum atomic E-state index is -0.516.